The Bertz CT molecular complexity index is 1520. The molecule has 0 fully saturated rings. The molecule has 0 amide bonds. The fourth-order valence-corrected chi connectivity index (χ4v) is 3.71. The number of ether oxygens (including phenoxy) is 1. The van der Waals surface area contributed by atoms with Gasteiger partial charge in [0.2, 0.25) is 5.95 Å². The largest absolute Gasteiger partial charge is 0.491 e. The van der Waals surface area contributed by atoms with E-state index in [4.69, 9.17) is 4.74 Å². The fourth-order valence-electron chi connectivity index (χ4n) is 3.44. The Morgan fingerprint density at radius 1 is 1.22 bits per heavy atom. The SMILES string of the molecule is CC(C=Cc1ccccc1)=NNc1nc2c(c(=O)[nH]c(=O)n2C)n1CC(O)COc1ccc(Br)cc1. The molecule has 0 saturated heterocycles. The van der Waals surface area contributed by atoms with Gasteiger partial charge in [0.15, 0.2) is 11.2 Å². The highest BCUT2D eigenvalue weighted by atomic mass is 79.9. The summed E-state index contributed by atoms with van der Waals surface area (Å²) in [5, 5.41) is 15.0. The van der Waals surface area contributed by atoms with Gasteiger partial charge in [0, 0.05) is 11.5 Å². The summed E-state index contributed by atoms with van der Waals surface area (Å²) < 4.78 is 9.30. The molecular formula is C25H25BrN6O4. The molecule has 4 rings (SSSR count). The summed E-state index contributed by atoms with van der Waals surface area (Å²) >= 11 is 3.37. The van der Waals surface area contributed by atoms with E-state index in [0.717, 1.165) is 10.0 Å². The van der Waals surface area contributed by atoms with Gasteiger partial charge in [0.05, 0.1) is 12.3 Å². The summed E-state index contributed by atoms with van der Waals surface area (Å²) in [6.45, 7) is 1.76. The minimum atomic E-state index is -0.980. The van der Waals surface area contributed by atoms with E-state index >= 15 is 0 Å². The predicted octanol–water partition coefficient (Wildman–Crippen LogP) is 3.13. The van der Waals surface area contributed by atoms with Gasteiger partial charge < -0.3 is 14.4 Å². The van der Waals surface area contributed by atoms with Crippen molar-refractivity contribution >= 4 is 44.8 Å². The molecular weight excluding hydrogens is 528 g/mol. The number of aryl methyl sites for hydroxylation is 1. The smallest absolute Gasteiger partial charge is 0.329 e. The Balaban J connectivity index is 1.59. The van der Waals surface area contributed by atoms with Crippen molar-refractivity contribution in [3.8, 4) is 5.75 Å². The maximum atomic E-state index is 12.7. The van der Waals surface area contributed by atoms with Gasteiger partial charge in [-0.3, -0.25) is 14.3 Å². The van der Waals surface area contributed by atoms with Crippen LogP contribution in [0.25, 0.3) is 17.2 Å². The van der Waals surface area contributed by atoms with Crippen LogP contribution in [0.2, 0.25) is 0 Å². The van der Waals surface area contributed by atoms with E-state index in [9.17, 15) is 14.7 Å². The molecule has 3 N–H and O–H groups in total. The molecule has 2 aromatic carbocycles. The monoisotopic (exact) mass is 552 g/mol. The lowest BCUT2D eigenvalue weighted by molar-refractivity contribution is 0.0938. The van der Waals surface area contributed by atoms with Crippen LogP contribution in [-0.2, 0) is 13.6 Å². The molecule has 0 aliphatic heterocycles. The Labute approximate surface area is 214 Å². The third kappa shape index (κ3) is 5.99. The number of aromatic nitrogens is 4. The number of nitrogens with one attached hydrogen (secondary N) is 2. The lowest BCUT2D eigenvalue weighted by Crippen LogP contribution is -2.30. The highest BCUT2D eigenvalue weighted by molar-refractivity contribution is 9.10. The van der Waals surface area contributed by atoms with E-state index in [-0.39, 0.29) is 30.3 Å². The first-order valence-electron chi connectivity index (χ1n) is 11.1. The van der Waals surface area contributed by atoms with E-state index in [1.807, 2.05) is 61.5 Å². The topological polar surface area (TPSA) is 127 Å². The molecule has 2 aromatic heterocycles. The van der Waals surface area contributed by atoms with Crippen molar-refractivity contribution in [3.63, 3.8) is 0 Å². The molecule has 0 saturated carbocycles. The number of aliphatic hydroxyl groups excluding tert-OH is 1. The zero-order valence-electron chi connectivity index (χ0n) is 19.7. The van der Waals surface area contributed by atoms with Crippen LogP contribution in [0, 0.1) is 0 Å². The first kappa shape index (κ1) is 25.1. The van der Waals surface area contributed by atoms with Crippen LogP contribution in [0.1, 0.15) is 12.5 Å². The molecule has 0 bridgehead atoms. The van der Waals surface area contributed by atoms with Crippen LogP contribution in [0.15, 0.2) is 79.8 Å². The van der Waals surface area contributed by atoms with E-state index in [1.165, 1.54) is 16.2 Å². The number of fused-ring (bicyclic) bond motifs is 1. The molecule has 1 atom stereocenters. The summed E-state index contributed by atoms with van der Waals surface area (Å²) in [6.07, 6.45) is 2.77. The third-order valence-electron chi connectivity index (χ3n) is 5.31. The molecule has 0 aliphatic carbocycles. The van der Waals surface area contributed by atoms with Gasteiger partial charge >= 0.3 is 5.69 Å². The standard InChI is InChI=1S/C25H25BrN6O4/c1-16(8-9-17-6-4-3-5-7-17)29-30-24-27-22-21(23(34)28-25(35)31(22)2)32(24)14-19(33)15-36-20-12-10-18(26)11-13-20/h3-13,19,33H,14-15H2,1-2H3,(H,27,30)(H,28,34,35). The van der Waals surface area contributed by atoms with Crippen LogP contribution in [-0.4, -0.2) is 42.6 Å². The zero-order chi connectivity index (χ0) is 25.7. The summed E-state index contributed by atoms with van der Waals surface area (Å²) in [5.74, 6) is 0.795. The number of benzene rings is 2. The number of anilines is 1. The highest BCUT2D eigenvalue weighted by Gasteiger charge is 2.20. The normalized spacial score (nSPS) is 12.8. The number of imidazole rings is 1. The van der Waals surface area contributed by atoms with E-state index < -0.39 is 17.4 Å². The summed E-state index contributed by atoms with van der Waals surface area (Å²) in [5.41, 5.74) is 3.64. The lowest BCUT2D eigenvalue weighted by Gasteiger charge is -2.15. The lowest BCUT2D eigenvalue weighted by atomic mass is 10.2. The number of halogens is 1. The Kier molecular flexibility index (Phi) is 7.81. The highest BCUT2D eigenvalue weighted by Crippen LogP contribution is 2.18. The number of hydrogen-bond donors (Lipinski definition) is 3. The van der Waals surface area contributed by atoms with Gasteiger partial charge in [-0.05, 0) is 42.8 Å². The number of hydrogen-bond acceptors (Lipinski definition) is 7. The fraction of sp³-hybridized carbons (Fsp3) is 0.200. The average Bonchev–Trinajstić information content (AvgIpc) is 3.23. The van der Waals surface area contributed by atoms with Crippen molar-refractivity contribution in [2.45, 2.75) is 19.6 Å². The molecule has 11 heteroatoms. The van der Waals surface area contributed by atoms with Crippen molar-refractivity contribution in [2.24, 2.45) is 12.1 Å². The van der Waals surface area contributed by atoms with Gasteiger partial charge in [-0.25, -0.2) is 10.2 Å². The van der Waals surface area contributed by atoms with Crippen molar-refractivity contribution in [1.29, 1.82) is 0 Å². The number of aromatic amines is 1. The van der Waals surface area contributed by atoms with Crippen molar-refractivity contribution in [1.82, 2.24) is 19.1 Å². The van der Waals surface area contributed by atoms with E-state index in [1.54, 1.807) is 12.1 Å². The molecule has 0 aliphatic rings. The van der Waals surface area contributed by atoms with Gasteiger partial charge in [-0.15, -0.1) is 0 Å². The maximum Gasteiger partial charge on any atom is 0.329 e. The molecule has 4 aromatic rings. The quantitative estimate of drug-likeness (QED) is 0.216. The van der Waals surface area contributed by atoms with Crippen molar-refractivity contribution in [2.75, 3.05) is 12.0 Å². The first-order valence-corrected chi connectivity index (χ1v) is 11.9. The van der Waals surface area contributed by atoms with Gasteiger partial charge in [0.1, 0.15) is 18.5 Å². The maximum absolute atomic E-state index is 12.7. The van der Waals surface area contributed by atoms with Crippen LogP contribution in [0.4, 0.5) is 5.95 Å². The first-order chi connectivity index (χ1) is 17.3. The summed E-state index contributed by atoms with van der Waals surface area (Å²) in [6, 6.07) is 17.0. The Hall–Kier alpha value is -3.96. The summed E-state index contributed by atoms with van der Waals surface area (Å²) in [7, 11) is 1.51. The average molecular weight is 553 g/mol. The minimum Gasteiger partial charge on any atom is -0.491 e. The van der Waals surface area contributed by atoms with Gasteiger partial charge in [0.25, 0.3) is 5.56 Å². The molecule has 0 radical (unpaired) electrons. The predicted molar refractivity (Wildman–Crippen MR) is 143 cm³/mol. The number of allylic oxidation sites excluding steroid dienone is 1. The second-order valence-electron chi connectivity index (χ2n) is 8.06. The number of rotatable bonds is 9. The molecule has 0 spiro atoms. The van der Waals surface area contributed by atoms with Crippen LogP contribution in [0.5, 0.6) is 5.75 Å². The van der Waals surface area contributed by atoms with Crippen molar-refractivity contribution < 1.29 is 9.84 Å². The summed E-state index contributed by atoms with van der Waals surface area (Å²) in [4.78, 5) is 31.4. The van der Waals surface area contributed by atoms with Gasteiger partial charge in [-0.2, -0.15) is 10.1 Å². The molecule has 186 valence electrons. The van der Waals surface area contributed by atoms with Crippen molar-refractivity contribution in [3.05, 3.63) is 91.5 Å². The molecule has 1 unspecified atom stereocenters. The Morgan fingerprint density at radius 3 is 2.67 bits per heavy atom. The van der Waals surface area contributed by atoms with Gasteiger partial charge in [-0.1, -0.05) is 52.3 Å². The number of hydrazone groups is 1. The Morgan fingerprint density at radius 2 is 1.94 bits per heavy atom. The van der Waals surface area contributed by atoms with Crippen LogP contribution < -0.4 is 21.4 Å². The van der Waals surface area contributed by atoms with Crippen LogP contribution in [0.3, 0.4) is 0 Å². The minimum absolute atomic E-state index is 0.0213. The van der Waals surface area contributed by atoms with Crippen LogP contribution >= 0.6 is 15.9 Å². The van der Waals surface area contributed by atoms with E-state index in [0.29, 0.717) is 11.5 Å². The zero-order valence-corrected chi connectivity index (χ0v) is 21.3. The number of H-pyrrole nitrogens is 1. The van der Waals surface area contributed by atoms with E-state index in [2.05, 4.69) is 36.4 Å². The molecule has 2 heterocycles. The third-order valence-corrected chi connectivity index (χ3v) is 5.83. The number of nitrogens with zero attached hydrogens (tertiary/aromatic N) is 4. The molecule has 10 nitrogen and oxygen atoms in total. The number of aliphatic hydroxyl groups is 1. The second-order valence-corrected chi connectivity index (χ2v) is 8.98. The molecule has 36 heavy (non-hydrogen) atoms. The second kappa shape index (κ2) is 11.2.